The van der Waals surface area contributed by atoms with Crippen molar-refractivity contribution in [2.24, 2.45) is 10.9 Å². The van der Waals surface area contributed by atoms with E-state index in [1.165, 1.54) is 12.0 Å². The largest absolute Gasteiger partial charge is 0.467 e. The summed E-state index contributed by atoms with van der Waals surface area (Å²) in [6.07, 6.45) is 2.32. The lowest BCUT2D eigenvalue weighted by Crippen LogP contribution is -2.57. The predicted octanol–water partition coefficient (Wildman–Crippen LogP) is 3.96. The highest BCUT2D eigenvalue weighted by molar-refractivity contribution is 7.89. The normalized spacial score (nSPS) is 20.8. The summed E-state index contributed by atoms with van der Waals surface area (Å²) in [4.78, 5) is 62.3. The molecule has 3 amide bonds. The third kappa shape index (κ3) is 12.0. The first-order chi connectivity index (χ1) is 24.6. The van der Waals surface area contributed by atoms with E-state index >= 15 is 0 Å². The summed E-state index contributed by atoms with van der Waals surface area (Å²) < 4.78 is 46.7. The van der Waals surface area contributed by atoms with E-state index in [9.17, 15) is 27.6 Å². The van der Waals surface area contributed by atoms with E-state index in [0.29, 0.717) is 37.9 Å². The number of amides is 3. The minimum Gasteiger partial charge on any atom is -0.467 e. The van der Waals surface area contributed by atoms with Gasteiger partial charge in [0, 0.05) is 32.7 Å². The minimum atomic E-state index is -4.23. The fourth-order valence-electron chi connectivity index (χ4n) is 6.59. The fourth-order valence-corrected chi connectivity index (χ4v) is 7.83. The molecule has 0 bridgehead atoms. The Kier molecular flexibility index (Phi) is 13.4. The van der Waals surface area contributed by atoms with Gasteiger partial charge in [0.15, 0.2) is 0 Å². The molecule has 1 aromatic carbocycles. The fraction of sp³-hybridized carbons (Fsp3) is 0.649. The van der Waals surface area contributed by atoms with Crippen molar-refractivity contribution in [1.29, 1.82) is 0 Å². The molecule has 0 radical (unpaired) electrons. The van der Waals surface area contributed by atoms with Gasteiger partial charge in [0.05, 0.1) is 12.0 Å². The molecule has 0 aromatic heterocycles. The van der Waals surface area contributed by atoms with Gasteiger partial charge in [0.2, 0.25) is 21.9 Å². The average Bonchev–Trinajstić information content (AvgIpc) is 3.05. The molecule has 0 unspecified atom stereocenters. The molecule has 1 fully saturated rings. The Morgan fingerprint density at radius 1 is 0.981 bits per heavy atom. The number of aliphatic imine (C=N–C) groups is 1. The Bertz CT molecular complexity index is 1710. The number of likely N-dealkylation sites (tertiary alicyclic amines) is 1. The van der Waals surface area contributed by atoms with Crippen molar-refractivity contribution < 1.29 is 41.8 Å². The number of nitrogens with one attached hydrogen (secondary N) is 2. The molecule has 15 nitrogen and oxygen atoms in total. The van der Waals surface area contributed by atoms with E-state index in [4.69, 9.17) is 14.2 Å². The Morgan fingerprint density at radius 2 is 1.68 bits per heavy atom. The van der Waals surface area contributed by atoms with Gasteiger partial charge in [-0.2, -0.15) is 4.72 Å². The summed E-state index contributed by atoms with van der Waals surface area (Å²) in [6.45, 7) is 14.3. The van der Waals surface area contributed by atoms with E-state index in [1.807, 2.05) is 26.1 Å². The maximum atomic E-state index is 14.5. The number of rotatable bonds is 7. The number of fused-ring (bicyclic) bond motifs is 1. The number of carbonyl (C=O) groups is 4. The highest BCUT2D eigenvalue weighted by Crippen LogP contribution is 2.27. The van der Waals surface area contributed by atoms with Gasteiger partial charge < -0.3 is 28.9 Å². The number of piperidine rings is 1. The van der Waals surface area contributed by atoms with Gasteiger partial charge >= 0.3 is 18.2 Å². The Labute approximate surface area is 313 Å². The van der Waals surface area contributed by atoms with Crippen molar-refractivity contribution in [3.8, 4) is 0 Å². The zero-order valence-corrected chi connectivity index (χ0v) is 33.3. The molecule has 3 atom stereocenters. The van der Waals surface area contributed by atoms with Gasteiger partial charge in [0.25, 0.3) is 0 Å². The minimum absolute atomic E-state index is 0.0359. The summed E-state index contributed by atoms with van der Waals surface area (Å²) in [6, 6.07) is 2.85. The molecule has 53 heavy (non-hydrogen) atoms. The van der Waals surface area contributed by atoms with Crippen molar-refractivity contribution in [3.05, 3.63) is 41.0 Å². The first-order valence-corrected chi connectivity index (χ1v) is 19.6. The first-order valence-electron chi connectivity index (χ1n) is 18.1. The molecule has 4 rings (SSSR count). The molecule has 0 aliphatic carbocycles. The number of hydrogen-bond donors (Lipinski definition) is 2. The van der Waals surface area contributed by atoms with Crippen LogP contribution in [0, 0.1) is 5.92 Å². The van der Waals surface area contributed by atoms with Crippen LogP contribution in [0.5, 0.6) is 0 Å². The van der Waals surface area contributed by atoms with Crippen LogP contribution in [0.3, 0.4) is 0 Å². The van der Waals surface area contributed by atoms with E-state index in [1.54, 1.807) is 58.6 Å². The maximum Gasteiger partial charge on any atom is 0.437 e. The van der Waals surface area contributed by atoms with E-state index < -0.39 is 57.4 Å². The number of likely N-dealkylation sites (N-methyl/N-ethyl adjacent to an activating group) is 1. The zero-order valence-electron chi connectivity index (χ0n) is 32.5. The quantitative estimate of drug-likeness (QED) is 0.135. The topological polar surface area (TPSA) is 176 Å². The summed E-state index contributed by atoms with van der Waals surface area (Å²) >= 11 is 0. The van der Waals surface area contributed by atoms with Crippen LogP contribution >= 0.6 is 0 Å². The number of carbonyl (C=O) groups excluding carboxylic acids is 4. The van der Waals surface area contributed by atoms with Gasteiger partial charge in [-0.05, 0) is 110 Å². The Hall–Kier alpha value is -4.02. The number of esters is 1. The van der Waals surface area contributed by atoms with Crippen LogP contribution in [0.25, 0.3) is 0 Å². The van der Waals surface area contributed by atoms with Crippen LogP contribution in [-0.2, 0) is 46.8 Å². The smallest absolute Gasteiger partial charge is 0.437 e. The molecular weight excluding hydrogens is 705 g/mol. The van der Waals surface area contributed by atoms with E-state index in [2.05, 4.69) is 19.9 Å². The average molecular weight is 761 g/mol. The van der Waals surface area contributed by atoms with Crippen molar-refractivity contribution >= 4 is 40.0 Å². The van der Waals surface area contributed by atoms with Crippen molar-refractivity contribution in [1.82, 2.24) is 24.7 Å². The standard InChI is InChI=1S/C37H56N6O9S/c1-24-14-18-43(30(19-24)32(45)50-9)31(44)29(40-53(48,49)28-13-12-26-15-17-41(8)23-27(26)21-28)20-25-11-10-16-42(22-25)33(38-34(46)51-36(2,3)4)39-35(47)52-37(5,6)7/h11-13,21,24,29-30,40H,10,14-20,22-23H2,1-9H3,(H,38,39,46,47)/t24-,29-,30+/m0/s1. The van der Waals surface area contributed by atoms with Gasteiger partial charge in [-0.1, -0.05) is 24.6 Å². The van der Waals surface area contributed by atoms with Crippen LogP contribution in [0.2, 0.25) is 0 Å². The van der Waals surface area contributed by atoms with Crippen LogP contribution in [0.15, 0.2) is 39.7 Å². The first kappa shape index (κ1) is 41.7. The zero-order chi connectivity index (χ0) is 39.3. The van der Waals surface area contributed by atoms with Gasteiger partial charge in [-0.15, -0.1) is 4.99 Å². The number of methoxy groups -OCH3 is 1. The SMILES string of the molecule is COC(=O)[C@H]1C[C@@H](C)CCN1C(=O)[C@H](CC1=CCCN(C(=NC(=O)OC(C)(C)C)NC(=O)OC(C)(C)C)C1)NS(=O)(=O)c1ccc2c(c1)CN(C)CC2. The second-order valence-electron chi connectivity index (χ2n) is 16.1. The molecule has 16 heteroatoms. The van der Waals surface area contributed by atoms with Crippen LogP contribution in [-0.4, -0.2) is 117 Å². The van der Waals surface area contributed by atoms with Crippen LogP contribution < -0.4 is 10.0 Å². The number of guanidine groups is 1. The van der Waals surface area contributed by atoms with E-state index in [0.717, 1.165) is 24.1 Å². The Balaban J connectivity index is 1.66. The molecule has 1 saturated heterocycles. The van der Waals surface area contributed by atoms with E-state index in [-0.39, 0.29) is 36.3 Å². The molecule has 0 saturated carbocycles. The summed E-state index contributed by atoms with van der Waals surface area (Å²) in [5.74, 6) is -1.08. The molecule has 294 valence electrons. The highest BCUT2D eigenvalue weighted by Gasteiger charge is 2.40. The molecule has 0 spiro atoms. The van der Waals surface area contributed by atoms with Crippen molar-refractivity contribution in [2.45, 2.75) is 115 Å². The number of benzene rings is 1. The number of nitrogens with zero attached hydrogens (tertiary/aromatic N) is 4. The molecular formula is C37H56N6O9S. The third-order valence-corrected chi connectivity index (χ3v) is 10.6. The lowest BCUT2D eigenvalue weighted by atomic mass is 9.91. The molecule has 3 aliphatic heterocycles. The maximum absolute atomic E-state index is 14.5. The number of sulfonamides is 1. The number of alkyl carbamates (subject to hydrolysis) is 1. The summed E-state index contributed by atoms with van der Waals surface area (Å²) in [7, 11) is -0.988. The van der Waals surface area contributed by atoms with Crippen molar-refractivity contribution in [3.63, 3.8) is 0 Å². The molecule has 1 aromatic rings. The predicted molar refractivity (Wildman–Crippen MR) is 198 cm³/mol. The highest BCUT2D eigenvalue weighted by atomic mass is 32.2. The molecule has 3 aliphatic rings. The Morgan fingerprint density at radius 3 is 2.34 bits per heavy atom. The summed E-state index contributed by atoms with van der Waals surface area (Å²) in [5.41, 5.74) is 0.945. The second kappa shape index (κ2) is 17.0. The number of ether oxygens (including phenoxy) is 3. The lowest BCUT2D eigenvalue weighted by Gasteiger charge is -2.39. The van der Waals surface area contributed by atoms with Crippen LogP contribution in [0.4, 0.5) is 9.59 Å². The summed E-state index contributed by atoms with van der Waals surface area (Å²) in [5, 5.41) is 2.57. The second-order valence-corrected chi connectivity index (χ2v) is 17.8. The van der Waals surface area contributed by atoms with Crippen molar-refractivity contribution in [2.75, 3.05) is 40.3 Å². The number of hydrogen-bond acceptors (Lipinski definition) is 10. The van der Waals surface area contributed by atoms with Crippen LogP contribution in [0.1, 0.15) is 85.3 Å². The monoisotopic (exact) mass is 760 g/mol. The van der Waals surface area contributed by atoms with Gasteiger partial charge in [-0.3, -0.25) is 10.1 Å². The van der Waals surface area contributed by atoms with Gasteiger partial charge in [-0.25, -0.2) is 22.8 Å². The lowest BCUT2D eigenvalue weighted by molar-refractivity contribution is -0.156. The molecule has 2 N–H and O–H groups in total. The third-order valence-electron chi connectivity index (χ3n) is 9.10. The molecule has 3 heterocycles. The van der Waals surface area contributed by atoms with Gasteiger partial charge in [0.1, 0.15) is 23.3 Å².